The molecule has 3 nitrogen and oxygen atoms in total. The predicted octanol–water partition coefficient (Wildman–Crippen LogP) is 5.70. The second kappa shape index (κ2) is 6.91. The Morgan fingerprint density at radius 3 is 2.57 bits per heavy atom. The average Bonchev–Trinajstić information content (AvgIpc) is 3.13. The number of aliphatic hydroxyl groups is 1. The maximum Gasteiger partial charge on any atom is 0.155 e. The van der Waals surface area contributed by atoms with E-state index in [1.807, 2.05) is 6.08 Å². The Hall–Kier alpha value is -0.670. The van der Waals surface area contributed by atoms with Gasteiger partial charge in [-0.3, -0.25) is 4.79 Å². The summed E-state index contributed by atoms with van der Waals surface area (Å²) < 4.78 is 5.84. The van der Waals surface area contributed by atoms with Crippen LogP contribution >= 0.6 is 0 Å². The van der Waals surface area contributed by atoms with Crippen molar-refractivity contribution in [1.82, 2.24) is 0 Å². The van der Waals surface area contributed by atoms with Crippen LogP contribution in [0.1, 0.15) is 92.4 Å². The lowest BCUT2D eigenvalue weighted by molar-refractivity contribution is -0.124. The summed E-state index contributed by atoms with van der Waals surface area (Å²) in [7, 11) is 0. The molecular formula is C27H42O3. The van der Waals surface area contributed by atoms with Crippen LogP contribution in [0.3, 0.4) is 0 Å². The molecule has 9 atom stereocenters. The van der Waals surface area contributed by atoms with Gasteiger partial charge in [-0.2, -0.15) is 0 Å². The van der Waals surface area contributed by atoms with E-state index in [2.05, 4.69) is 34.6 Å². The van der Waals surface area contributed by atoms with Crippen molar-refractivity contribution in [3.05, 3.63) is 11.6 Å². The first-order valence-corrected chi connectivity index (χ1v) is 12.7. The van der Waals surface area contributed by atoms with Gasteiger partial charge in [-0.25, -0.2) is 0 Å². The number of aliphatic hydroxyl groups excluding tert-OH is 1. The third-order valence-electron chi connectivity index (χ3n) is 10.8. The number of ether oxygens (including phenoxy) is 1. The number of carbonyl (C=O) groups is 1. The lowest BCUT2D eigenvalue weighted by Crippen LogP contribution is -2.55. The van der Waals surface area contributed by atoms with E-state index in [1.165, 1.54) is 44.1 Å². The monoisotopic (exact) mass is 414 g/mol. The third kappa shape index (κ3) is 3.09. The van der Waals surface area contributed by atoms with Gasteiger partial charge in [0.15, 0.2) is 5.78 Å². The fourth-order valence-electron chi connectivity index (χ4n) is 8.86. The molecule has 5 rings (SSSR count). The average molecular weight is 415 g/mol. The highest BCUT2D eigenvalue weighted by atomic mass is 16.6. The normalized spacial score (nSPS) is 50.2. The minimum Gasteiger partial charge on any atom is -0.392 e. The van der Waals surface area contributed by atoms with Crippen molar-refractivity contribution >= 4 is 5.78 Å². The largest absolute Gasteiger partial charge is 0.392 e. The Balaban J connectivity index is 1.34. The van der Waals surface area contributed by atoms with Gasteiger partial charge in [-0.05, 0) is 112 Å². The molecule has 1 aliphatic heterocycles. The molecule has 1 unspecified atom stereocenters. The van der Waals surface area contributed by atoms with E-state index in [4.69, 9.17) is 4.74 Å². The Labute approximate surface area is 183 Å². The first kappa shape index (κ1) is 21.2. The number of rotatable bonds is 4. The van der Waals surface area contributed by atoms with Crippen molar-refractivity contribution in [2.45, 2.75) is 110 Å². The Morgan fingerprint density at radius 1 is 1.13 bits per heavy atom. The minimum atomic E-state index is -0.264. The van der Waals surface area contributed by atoms with E-state index in [1.54, 1.807) is 0 Å². The maximum absolute atomic E-state index is 12.1. The summed E-state index contributed by atoms with van der Waals surface area (Å²) >= 11 is 0. The molecule has 0 bridgehead atoms. The van der Waals surface area contributed by atoms with E-state index in [9.17, 15) is 9.90 Å². The van der Waals surface area contributed by atoms with Gasteiger partial charge < -0.3 is 9.84 Å². The van der Waals surface area contributed by atoms with Crippen LogP contribution in [0, 0.1) is 40.4 Å². The second-order valence-electron chi connectivity index (χ2n) is 12.6. The number of hydrogen-bond acceptors (Lipinski definition) is 3. The molecule has 3 saturated carbocycles. The van der Waals surface area contributed by atoms with Crippen LogP contribution in [0.4, 0.5) is 0 Å². The summed E-state index contributed by atoms with van der Waals surface area (Å²) in [5.74, 6) is 3.39. The number of hydrogen-bond donors (Lipinski definition) is 1. The van der Waals surface area contributed by atoms with Crippen LogP contribution in [0.15, 0.2) is 11.6 Å². The zero-order valence-corrected chi connectivity index (χ0v) is 19.7. The summed E-state index contributed by atoms with van der Waals surface area (Å²) in [6, 6.07) is 0. The molecule has 4 aliphatic carbocycles. The van der Waals surface area contributed by atoms with Crippen molar-refractivity contribution in [1.29, 1.82) is 0 Å². The molecule has 0 aromatic carbocycles. The zero-order valence-electron chi connectivity index (χ0n) is 19.7. The van der Waals surface area contributed by atoms with Crippen LogP contribution in [-0.2, 0) is 9.53 Å². The third-order valence-corrected chi connectivity index (χ3v) is 10.8. The van der Waals surface area contributed by atoms with E-state index in [0.717, 1.165) is 24.7 Å². The minimum absolute atomic E-state index is 0.105. The molecule has 4 fully saturated rings. The summed E-state index contributed by atoms with van der Waals surface area (Å²) in [6.45, 7) is 11.9. The Morgan fingerprint density at radius 2 is 1.87 bits per heavy atom. The Bertz CT molecular complexity index is 753. The van der Waals surface area contributed by atoms with Gasteiger partial charge in [0.25, 0.3) is 0 Å². The van der Waals surface area contributed by atoms with E-state index in [-0.39, 0.29) is 22.9 Å². The number of fused-ring (bicyclic) bond motifs is 5. The van der Waals surface area contributed by atoms with Gasteiger partial charge in [0.1, 0.15) is 0 Å². The van der Waals surface area contributed by atoms with Crippen LogP contribution < -0.4 is 0 Å². The zero-order chi connectivity index (χ0) is 21.5. The molecule has 0 spiro atoms. The quantitative estimate of drug-likeness (QED) is 0.600. The van der Waals surface area contributed by atoms with Gasteiger partial charge in [0.05, 0.1) is 17.8 Å². The molecule has 0 amide bonds. The van der Waals surface area contributed by atoms with E-state index < -0.39 is 0 Å². The molecular weight excluding hydrogens is 372 g/mol. The topological polar surface area (TPSA) is 49.8 Å². The van der Waals surface area contributed by atoms with Crippen LogP contribution in [0.2, 0.25) is 0 Å². The smallest absolute Gasteiger partial charge is 0.155 e. The van der Waals surface area contributed by atoms with E-state index in [0.29, 0.717) is 35.7 Å². The van der Waals surface area contributed by atoms with Crippen LogP contribution in [-0.4, -0.2) is 28.7 Å². The Kier molecular flexibility index (Phi) is 4.88. The summed E-state index contributed by atoms with van der Waals surface area (Å²) in [4.78, 5) is 12.1. The predicted molar refractivity (Wildman–Crippen MR) is 119 cm³/mol. The number of ketones is 1. The van der Waals surface area contributed by atoms with Gasteiger partial charge >= 0.3 is 0 Å². The fraction of sp³-hybridized carbons (Fsp3) is 0.889. The SMILES string of the molecule is C[C@H](CCC1OC1(C)C)[C@H]1CC[C@H]2[C@@H]3[C@H](O)CC4=CC(=O)CC[C@]4(C)[C@H]3CC[C@]12C. The maximum atomic E-state index is 12.1. The van der Waals surface area contributed by atoms with Crippen molar-refractivity contribution in [3.8, 4) is 0 Å². The molecule has 0 radical (unpaired) electrons. The summed E-state index contributed by atoms with van der Waals surface area (Å²) in [5, 5.41) is 11.3. The van der Waals surface area contributed by atoms with Gasteiger partial charge in [-0.15, -0.1) is 0 Å². The van der Waals surface area contributed by atoms with Crippen molar-refractivity contribution < 1.29 is 14.6 Å². The highest BCUT2D eigenvalue weighted by Crippen LogP contribution is 2.67. The summed E-state index contributed by atoms with van der Waals surface area (Å²) in [6.07, 6.45) is 12.1. The van der Waals surface area contributed by atoms with Crippen molar-refractivity contribution in [3.63, 3.8) is 0 Å². The molecule has 30 heavy (non-hydrogen) atoms. The molecule has 5 aliphatic rings. The van der Waals surface area contributed by atoms with Crippen LogP contribution in [0.5, 0.6) is 0 Å². The number of epoxide rings is 1. The molecule has 168 valence electrons. The molecule has 1 heterocycles. The molecule has 1 saturated heterocycles. The van der Waals surface area contributed by atoms with E-state index >= 15 is 0 Å². The molecule has 0 aromatic rings. The van der Waals surface area contributed by atoms with Crippen LogP contribution in [0.25, 0.3) is 0 Å². The fourth-order valence-corrected chi connectivity index (χ4v) is 8.86. The van der Waals surface area contributed by atoms with Gasteiger partial charge in [-0.1, -0.05) is 26.3 Å². The highest BCUT2D eigenvalue weighted by Gasteiger charge is 2.61. The first-order chi connectivity index (χ1) is 14.1. The lowest BCUT2D eigenvalue weighted by Gasteiger charge is -2.59. The molecule has 0 aromatic heterocycles. The highest BCUT2D eigenvalue weighted by molar-refractivity contribution is 5.91. The first-order valence-electron chi connectivity index (χ1n) is 12.7. The van der Waals surface area contributed by atoms with Crippen molar-refractivity contribution in [2.24, 2.45) is 40.4 Å². The number of carbonyl (C=O) groups excluding carboxylic acids is 1. The van der Waals surface area contributed by atoms with Gasteiger partial charge in [0, 0.05) is 6.42 Å². The molecule has 3 heteroatoms. The van der Waals surface area contributed by atoms with Gasteiger partial charge in [0.2, 0.25) is 0 Å². The summed E-state index contributed by atoms with van der Waals surface area (Å²) in [5.41, 5.74) is 1.86. The van der Waals surface area contributed by atoms with Crippen molar-refractivity contribution in [2.75, 3.05) is 0 Å². The second-order valence-corrected chi connectivity index (χ2v) is 12.6. The standard InChI is InChI=1S/C27H42O3/c1-16(6-9-23-25(2,3)30-23)19-7-8-20-24-21(11-13-27(19,20)5)26(4)12-10-18(28)14-17(26)15-22(24)29/h14,16,19-24,29H,6-13,15H2,1-5H3/t16-,19-,20+,21+,22-,23?,24+,26+,27-/m1/s1. The molecule has 1 N–H and O–H groups in total. The lowest BCUT2D eigenvalue weighted by atomic mass is 9.45.